The summed E-state index contributed by atoms with van der Waals surface area (Å²) in [7, 11) is 0. The Labute approximate surface area is 192 Å². The Kier molecular flexibility index (Phi) is 6.96. The largest absolute Gasteiger partial charge is 0.444 e. The van der Waals surface area contributed by atoms with Crippen LogP contribution in [0.15, 0.2) is 59.4 Å². The summed E-state index contributed by atoms with van der Waals surface area (Å²) in [5.74, 6) is 0.237. The molecular formula is C25H28N4O4. The van der Waals surface area contributed by atoms with Crippen molar-refractivity contribution in [2.75, 3.05) is 5.32 Å². The molecule has 0 aliphatic rings. The first-order valence-corrected chi connectivity index (χ1v) is 10.6. The van der Waals surface area contributed by atoms with Crippen LogP contribution in [0.25, 0.3) is 11.1 Å². The molecule has 1 aromatic heterocycles. The number of hydrogen-bond donors (Lipinski definition) is 3. The topological polar surface area (TPSA) is 113 Å². The van der Waals surface area contributed by atoms with Gasteiger partial charge in [0, 0.05) is 17.3 Å². The van der Waals surface area contributed by atoms with Crippen LogP contribution in [0.1, 0.15) is 55.6 Å². The standard InChI is InChI=1S/C25H28N4O4/c1-15(21-14-22(30)28-16(2)27-21)26-23(31)19-8-6-17(7-9-19)18-10-12-20(13-11-18)29-24(32)33-25(3,4)5/h6-15H,1-5H3,(H,26,31)(H,29,32)(H,27,28,30)/t15-/m0/s1. The molecule has 0 spiro atoms. The Morgan fingerprint density at radius 1 is 1.00 bits per heavy atom. The highest BCUT2D eigenvalue weighted by Crippen LogP contribution is 2.23. The molecule has 1 atom stereocenters. The van der Waals surface area contributed by atoms with Gasteiger partial charge in [-0.15, -0.1) is 0 Å². The number of anilines is 1. The summed E-state index contributed by atoms with van der Waals surface area (Å²) in [4.78, 5) is 43.0. The van der Waals surface area contributed by atoms with Gasteiger partial charge >= 0.3 is 6.09 Å². The Morgan fingerprint density at radius 3 is 2.12 bits per heavy atom. The number of aromatic nitrogens is 2. The number of carbonyl (C=O) groups is 2. The molecule has 0 saturated carbocycles. The van der Waals surface area contributed by atoms with E-state index < -0.39 is 17.7 Å². The van der Waals surface area contributed by atoms with Crippen LogP contribution < -0.4 is 16.2 Å². The van der Waals surface area contributed by atoms with E-state index in [0.717, 1.165) is 11.1 Å². The minimum Gasteiger partial charge on any atom is -0.444 e. The van der Waals surface area contributed by atoms with Crippen molar-refractivity contribution < 1.29 is 14.3 Å². The molecule has 3 aromatic rings. The first-order chi connectivity index (χ1) is 15.5. The van der Waals surface area contributed by atoms with Crippen LogP contribution in [0.2, 0.25) is 0 Å². The molecule has 0 aliphatic carbocycles. The van der Waals surface area contributed by atoms with Crippen molar-refractivity contribution in [2.24, 2.45) is 0 Å². The number of amides is 2. The molecule has 0 radical (unpaired) electrons. The van der Waals surface area contributed by atoms with E-state index in [1.807, 2.05) is 24.3 Å². The van der Waals surface area contributed by atoms with Gasteiger partial charge in [0.1, 0.15) is 11.4 Å². The fourth-order valence-corrected chi connectivity index (χ4v) is 3.16. The second-order valence-corrected chi connectivity index (χ2v) is 8.73. The maximum absolute atomic E-state index is 12.6. The van der Waals surface area contributed by atoms with E-state index in [-0.39, 0.29) is 11.5 Å². The summed E-state index contributed by atoms with van der Waals surface area (Å²) in [5, 5.41) is 5.56. The molecule has 0 saturated heterocycles. The van der Waals surface area contributed by atoms with Crippen LogP contribution in [-0.4, -0.2) is 27.6 Å². The SMILES string of the molecule is Cc1nc([C@H](C)NC(=O)c2ccc(-c3ccc(NC(=O)OC(C)(C)C)cc3)cc2)cc(=O)[nH]1. The summed E-state index contributed by atoms with van der Waals surface area (Å²) in [6, 6.07) is 15.5. The normalized spacial score (nSPS) is 12.0. The van der Waals surface area contributed by atoms with Gasteiger partial charge in [-0.25, -0.2) is 9.78 Å². The zero-order valence-electron chi connectivity index (χ0n) is 19.4. The van der Waals surface area contributed by atoms with E-state index in [1.54, 1.807) is 58.9 Å². The van der Waals surface area contributed by atoms with Gasteiger partial charge in [-0.05, 0) is 70.0 Å². The van der Waals surface area contributed by atoms with Crippen LogP contribution in [0.3, 0.4) is 0 Å². The molecular weight excluding hydrogens is 420 g/mol. The zero-order valence-corrected chi connectivity index (χ0v) is 19.4. The third-order valence-corrected chi connectivity index (χ3v) is 4.68. The lowest BCUT2D eigenvalue weighted by molar-refractivity contribution is 0.0635. The lowest BCUT2D eigenvalue weighted by Gasteiger charge is -2.19. The highest BCUT2D eigenvalue weighted by Gasteiger charge is 2.16. The predicted molar refractivity (Wildman–Crippen MR) is 127 cm³/mol. The Balaban J connectivity index is 1.64. The van der Waals surface area contributed by atoms with Gasteiger partial charge in [-0.2, -0.15) is 0 Å². The Bertz CT molecular complexity index is 1190. The number of nitrogens with zero attached hydrogens (tertiary/aromatic N) is 1. The van der Waals surface area contributed by atoms with Crippen molar-refractivity contribution in [2.45, 2.75) is 46.3 Å². The third-order valence-electron chi connectivity index (χ3n) is 4.68. The summed E-state index contributed by atoms with van der Waals surface area (Å²) in [6.07, 6.45) is -0.509. The molecule has 172 valence electrons. The molecule has 0 aliphatic heterocycles. The van der Waals surface area contributed by atoms with E-state index in [9.17, 15) is 14.4 Å². The highest BCUT2D eigenvalue weighted by atomic mass is 16.6. The second-order valence-electron chi connectivity index (χ2n) is 8.73. The van der Waals surface area contributed by atoms with Crippen molar-refractivity contribution in [1.82, 2.24) is 15.3 Å². The molecule has 3 N–H and O–H groups in total. The number of benzene rings is 2. The summed E-state index contributed by atoms with van der Waals surface area (Å²) < 4.78 is 5.25. The van der Waals surface area contributed by atoms with Crippen LogP contribution in [0.5, 0.6) is 0 Å². The minimum atomic E-state index is -0.565. The number of nitrogens with one attached hydrogen (secondary N) is 3. The van der Waals surface area contributed by atoms with Gasteiger partial charge < -0.3 is 15.0 Å². The van der Waals surface area contributed by atoms with Crippen molar-refractivity contribution in [3.63, 3.8) is 0 Å². The van der Waals surface area contributed by atoms with Gasteiger partial charge in [0.25, 0.3) is 11.5 Å². The van der Waals surface area contributed by atoms with Crippen LogP contribution in [0, 0.1) is 6.92 Å². The Hall–Kier alpha value is -3.94. The van der Waals surface area contributed by atoms with E-state index in [4.69, 9.17) is 4.74 Å². The molecule has 0 bridgehead atoms. The number of hydrogen-bond acceptors (Lipinski definition) is 5. The van der Waals surface area contributed by atoms with Crippen LogP contribution in [0.4, 0.5) is 10.5 Å². The van der Waals surface area contributed by atoms with Crippen LogP contribution in [-0.2, 0) is 4.74 Å². The molecule has 8 nitrogen and oxygen atoms in total. The molecule has 2 amide bonds. The summed E-state index contributed by atoms with van der Waals surface area (Å²) in [5.41, 5.74) is 2.67. The average molecular weight is 449 g/mol. The van der Waals surface area contributed by atoms with E-state index in [2.05, 4.69) is 20.6 Å². The van der Waals surface area contributed by atoms with Gasteiger partial charge in [-0.3, -0.25) is 14.9 Å². The molecule has 0 fully saturated rings. The van der Waals surface area contributed by atoms with E-state index in [1.165, 1.54) is 6.07 Å². The van der Waals surface area contributed by atoms with Crippen molar-refractivity contribution in [3.8, 4) is 11.1 Å². The van der Waals surface area contributed by atoms with Gasteiger partial charge in [0.2, 0.25) is 0 Å². The lowest BCUT2D eigenvalue weighted by atomic mass is 10.0. The average Bonchev–Trinajstić information content (AvgIpc) is 2.72. The molecule has 33 heavy (non-hydrogen) atoms. The molecule has 8 heteroatoms. The maximum atomic E-state index is 12.6. The van der Waals surface area contributed by atoms with Gasteiger partial charge in [0.05, 0.1) is 11.7 Å². The molecule has 3 rings (SSSR count). The Morgan fingerprint density at radius 2 is 1.58 bits per heavy atom. The number of aryl methyl sites for hydroxylation is 1. The summed E-state index contributed by atoms with van der Waals surface area (Å²) >= 11 is 0. The van der Waals surface area contributed by atoms with Crippen molar-refractivity contribution in [1.29, 1.82) is 0 Å². The number of aromatic amines is 1. The van der Waals surface area contributed by atoms with Gasteiger partial charge in [0.15, 0.2) is 0 Å². The smallest absolute Gasteiger partial charge is 0.412 e. The van der Waals surface area contributed by atoms with Gasteiger partial charge in [-0.1, -0.05) is 24.3 Å². The number of H-pyrrole nitrogens is 1. The fraction of sp³-hybridized carbons (Fsp3) is 0.280. The van der Waals surface area contributed by atoms with E-state index in [0.29, 0.717) is 22.8 Å². The number of rotatable bonds is 5. The molecule has 2 aromatic carbocycles. The molecule has 0 unspecified atom stereocenters. The lowest BCUT2D eigenvalue weighted by Crippen LogP contribution is -2.28. The monoisotopic (exact) mass is 448 g/mol. The predicted octanol–water partition coefficient (Wildman–Crippen LogP) is 4.58. The van der Waals surface area contributed by atoms with E-state index >= 15 is 0 Å². The highest BCUT2D eigenvalue weighted by molar-refractivity contribution is 5.95. The first kappa shape index (κ1) is 23.7. The fourth-order valence-electron chi connectivity index (χ4n) is 3.16. The quantitative estimate of drug-likeness (QED) is 0.529. The summed E-state index contributed by atoms with van der Waals surface area (Å²) in [6.45, 7) is 8.89. The maximum Gasteiger partial charge on any atom is 0.412 e. The number of carbonyl (C=O) groups excluding carboxylic acids is 2. The minimum absolute atomic E-state index is 0.254. The first-order valence-electron chi connectivity index (χ1n) is 10.6. The zero-order chi connectivity index (χ0) is 24.2. The van der Waals surface area contributed by atoms with Crippen LogP contribution >= 0.6 is 0 Å². The molecule has 1 heterocycles. The number of ether oxygens (including phenoxy) is 1. The third kappa shape index (κ3) is 6.77. The second kappa shape index (κ2) is 9.68. The van der Waals surface area contributed by atoms with Crippen molar-refractivity contribution in [3.05, 3.63) is 82.0 Å². The van der Waals surface area contributed by atoms with Crippen molar-refractivity contribution >= 4 is 17.7 Å².